The number of nitrogens with one attached hydrogen (secondary N) is 2. The highest BCUT2D eigenvalue weighted by Crippen LogP contribution is 2.27. The van der Waals surface area contributed by atoms with Crippen LogP contribution in [0.25, 0.3) is 21.0 Å². The van der Waals surface area contributed by atoms with Crippen molar-refractivity contribution >= 4 is 44.1 Å². The minimum Gasteiger partial charge on any atom is -0.305 e. The molecule has 0 aliphatic heterocycles. The molecule has 0 fully saturated rings. The van der Waals surface area contributed by atoms with Crippen molar-refractivity contribution in [3.05, 3.63) is 59.5 Å². The molecule has 0 bridgehead atoms. The molecule has 0 atom stereocenters. The van der Waals surface area contributed by atoms with E-state index in [4.69, 9.17) is 0 Å². The van der Waals surface area contributed by atoms with Gasteiger partial charge in [0.25, 0.3) is 5.91 Å². The third-order valence-corrected chi connectivity index (χ3v) is 4.39. The van der Waals surface area contributed by atoms with Gasteiger partial charge in [-0.05, 0) is 18.2 Å². The minimum absolute atomic E-state index is 0.135. The fraction of sp³-hybridized carbons (Fsp3) is 0. The molecule has 2 heterocycles. The van der Waals surface area contributed by atoms with Crippen LogP contribution in [0.3, 0.4) is 0 Å². The second kappa shape index (κ2) is 4.71. The average Bonchev–Trinajstić information content (AvgIpc) is 3.12. The van der Waals surface area contributed by atoms with E-state index in [1.54, 1.807) is 11.3 Å². The maximum absolute atomic E-state index is 12.5. The molecule has 0 spiro atoms. The number of para-hydroxylation sites is 1. The summed E-state index contributed by atoms with van der Waals surface area (Å²) < 4.78 is 1.11. The lowest BCUT2D eigenvalue weighted by atomic mass is 10.1. The Morgan fingerprint density at radius 1 is 1.05 bits per heavy atom. The number of aromatic amines is 1. The van der Waals surface area contributed by atoms with E-state index in [1.165, 1.54) is 0 Å². The Kier molecular flexibility index (Phi) is 2.72. The summed E-state index contributed by atoms with van der Waals surface area (Å²) in [5, 5.41) is 13.7. The highest BCUT2D eigenvalue weighted by Gasteiger charge is 2.14. The van der Waals surface area contributed by atoms with Crippen molar-refractivity contribution in [2.75, 3.05) is 5.32 Å². The summed E-state index contributed by atoms with van der Waals surface area (Å²) in [4.78, 5) is 12.5. The maximum atomic E-state index is 12.5. The van der Waals surface area contributed by atoms with Crippen LogP contribution in [0.4, 0.5) is 5.82 Å². The first kappa shape index (κ1) is 12.1. The number of aromatic nitrogens is 2. The van der Waals surface area contributed by atoms with Crippen LogP contribution >= 0.6 is 11.3 Å². The summed E-state index contributed by atoms with van der Waals surface area (Å²) in [5.74, 6) is 0.426. The first-order valence-electron chi connectivity index (χ1n) is 6.53. The number of amides is 1. The highest BCUT2D eigenvalue weighted by molar-refractivity contribution is 7.17. The Balaban J connectivity index is 1.72. The van der Waals surface area contributed by atoms with Crippen LogP contribution in [-0.2, 0) is 0 Å². The second-order valence-corrected chi connectivity index (χ2v) is 5.63. The van der Waals surface area contributed by atoms with Crippen molar-refractivity contribution in [3.63, 3.8) is 0 Å². The van der Waals surface area contributed by atoms with E-state index in [9.17, 15) is 4.79 Å². The van der Waals surface area contributed by atoms with Gasteiger partial charge in [-0.25, -0.2) is 0 Å². The Hall–Kier alpha value is -2.66. The number of H-pyrrole nitrogens is 1. The first-order chi connectivity index (χ1) is 10.3. The predicted molar refractivity (Wildman–Crippen MR) is 85.9 cm³/mol. The van der Waals surface area contributed by atoms with E-state index in [0.717, 1.165) is 21.0 Å². The lowest BCUT2D eigenvalue weighted by Crippen LogP contribution is -2.11. The number of anilines is 1. The van der Waals surface area contributed by atoms with E-state index in [2.05, 4.69) is 15.5 Å². The van der Waals surface area contributed by atoms with Gasteiger partial charge in [0.15, 0.2) is 5.82 Å². The molecule has 2 aromatic carbocycles. The van der Waals surface area contributed by atoms with Gasteiger partial charge >= 0.3 is 0 Å². The molecular weight excluding hydrogens is 282 g/mol. The van der Waals surface area contributed by atoms with E-state index in [-0.39, 0.29) is 5.91 Å². The second-order valence-electron chi connectivity index (χ2n) is 4.72. The van der Waals surface area contributed by atoms with Gasteiger partial charge < -0.3 is 5.32 Å². The maximum Gasteiger partial charge on any atom is 0.258 e. The van der Waals surface area contributed by atoms with Crippen LogP contribution < -0.4 is 5.32 Å². The summed E-state index contributed by atoms with van der Waals surface area (Å²) in [7, 11) is 0. The molecule has 5 heteroatoms. The summed E-state index contributed by atoms with van der Waals surface area (Å²) >= 11 is 1.57. The monoisotopic (exact) mass is 293 g/mol. The molecular formula is C16H11N3OS. The number of thiophene rings is 1. The largest absolute Gasteiger partial charge is 0.305 e. The summed E-state index contributed by atoms with van der Waals surface area (Å²) in [6.45, 7) is 0. The fourth-order valence-corrected chi connectivity index (χ4v) is 3.33. The summed E-state index contributed by atoms with van der Waals surface area (Å²) in [6, 6.07) is 15.6. The van der Waals surface area contributed by atoms with Gasteiger partial charge in [0.05, 0.1) is 11.1 Å². The lowest BCUT2D eigenvalue weighted by molar-refractivity contribution is 0.102. The number of carbonyl (C=O) groups is 1. The van der Waals surface area contributed by atoms with E-state index in [1.807, 2.05) is 53.9 Å². The summed E-state index contributed by atoms with van der Waals surface area (Å²) in [5.41, 5.74) is 1.59. The molecule has 0 radical (unpaired) electrons. The SMILES string of the molecule is O=C(Nc1n[nH]c2ccccc12)c1csc2ccccc12. The Bertz CT molecular complexity index is 954. The molecule has 0 saturated carbocycles. The zero-order valence-electron chi connectivity index (χ0n) is 11.0. The quantitative estimate of drug-likeness (QED) is 0.586. The van der Waals surface area contributed by atoms with Crippen LogP contribution in [0.1, 0.15) is 10.4 Å². The first-order valence-corrected chi connectivity index (χ1v) is 7.41. The van der Waals surface area contributed by atoms with Crippen LogP contribution in [0.15, 0.2) is 53.9 Å². The molecule has 0 unspecified atom stereocenters. The Labute approximate surface area is 124 Å². The van der Waals surface area contributed by atoms with Crippen molar-refractivity contribution in [1.82, 2.24) is 10.2 Å². The normalized spacial score (nSPS) is 11.0. The molecule has 0 saturated heterocycles. The third kappa shape index (κ3) is 1.98. The number of carbonyl (C=O) groups excluding carboxylic acids is 1. The zero-order valence-corrected chi connectivity index (χ0v) is 11.8. The number of hydrogen-bond acceptors (Lipinski definition) is 3. The smallest absolute Gasteiger partial charge is 0.258 e. The van der Waals surface area contributed by atoms with Gasteiger partial charge in [-0.2, -0.15) is 5.10 Å². The fourth-order valence-electron chi connectivity index (χ4n) is 2.39. The van der Waals surface area contributed by atoms with E-state index in [0.29, 0.717) is 11.4 Å². The highest BCUT2D eigenvalue weighted by atomic mass is 32.1. The van der Waals surface area contributed by atoms with Crippen LogP contribution in [0.5, 0.6) is 0 Å². The van der Waals surface area contributed by atoms with Crippen molar-refractivity contribution < 1.29 is 4.79 Å². The molecule has 0 aliphatic rings. The van der Waals surface area contributed by atoms with E-state index >= 15 is 0 Å². The van der Waals surface area contributed by atoms with Crippen LogP contribution in [-0.4, -0.2) is 16.1 Å². The van der Waals surface area contributed by atoms with Gasteiger partial charge in [-0.15, -0.1) is 11.3 Å². The topological polar surface area (TPSA) is 57.8 Å². The standard InChI is InChI=1S/C16H11N3OS/c20-16(12-9-21-14-8-4-2-5-10(12)14)17-15-11-6-1-3-7-13(11)18-19-15/h1-9H,(H2,17,18,19,20). The molecule has 4 nitrogen and oxygen atoms in total. The molecule has 21 heavy (non-hydrogen) atoms. The van der Waals surface area contributed by atoms with E-state index < -0.39 is 0 Å². The molecule has 2 N–H and O–H groups in total. The van der Waals surface area contributed by atoms with Crippen molar-refractivity contribution in [2.45, 2.75) is 0 Å². The lowest BCUT2D eigenvalue weighted by Gasteiger charge is -2.01. The third-order valence-electron chi connectivity index (χ3n) is 3.43. The van der Waals surface area contributed by atoms with Crippen molar-refractivity contribution in [2.24, 2.45) is 0 Å². The zero-order chi connectivity index (χ0) is 14.2. The van der Waals surface area contributed by atoms with Gasteiger partial charge in [0, 0.05) is 20.9 Å². The van der Waals surface area contributed by atoms with Gasteiger partial charge in [0.1, 0.15) is 0 Å². The number of hydrogen-bond donors (Lipinski definition) is 2. The predicted octanol–water partition coefficient (Wildman–Crippen LogP) is 4.03. The number of fused-ring (bicyclic) bond motifs is 2. The number of rotatable bonds is 2. The molecule has 0 aliphatic carbocycles. The molecule has 102 valence electrons. The van der Waals surface area contributed by atoms with Crippen molar-refractivity contribution in [3.8, 4) is 0 Å². The van der Waals surface area contributed by atoms with Gasteiger partial charge in [-0.1, -0.05) is 30.3 Å². The van der Waals surface area contributed by atoms with Crippen molar-refractivity contribution in [1.29, 1.82) is 0 Å². The average molecular weight is 293 g/mol. The molecule has 4 aromatic rings. The number of benzene rings is 2. The van der Waals surface area contributed by atoms with Crippen LogP contribution in [0, 0.1) is 0 Å². The molecule has 1 amide bonds. The van der Waals surface area contributed by atoms with Crippen LogP contribution in [0.2, 0.25) is 0 Å². The van der Waals surface area contributed by atoms with Gasteiger partial charge in [0.2, 0.25) is 0 Å². The van der Waals surface area contributed by atoms with Gasteiger partial charge in [-0.3, -0.25) is 9.89 Å². The Morgan fingerprint density at radius 3 is 2.71 bits per heavy atom. The molecule has 2 aromatic heterocycles. The Morgan fingerprint density at radius 2 is 1.81 bits per heavy atom. The summed E-state index contributed by atoms with van der Waals surface area (Å²) in [6.07, 6.45) is 0. The number of nitrogens with zero attached hydrogens (tertiary/aromatic N) is 1. The molecule has 4 rings (SSSR count). The minimum atomic E-state index is -0.135.